The van der Waals surface area contributed by atoms with Gasteiger partial charge in [0.25, 0.3) is 0 Å². The molecule has 3 aromatic heterocycles. The van der Waals surface area contributed by atoms with Gasteiger partial charge in [0, 0.05) is 65.7 Å². The lowest BCUT2D eigenvalue weighted by atomic mass is 9.99. The first-order valence-electron chi connectivity index (χ1n) is 8.51. The third-order valence-corrected chi connectivity index (χ3v) is 6.27. The number of fused-ring (bicyclic) bond motifs is 3. The molecule has 1 fully saturated rings. The zero-order valence-electron chi connectivity index (χ0n) is 13.7. The van der Waals surface area contributed by atoms with Gasteiger partial charge in [-0.1, -0.05) is 0 Å². The van der Waals surface area contributed by atoms with E-state index in [1.165, 1.54) is 33.4 Å². The van der Waals surface area contributed by atoms with Gasteiger partial charge in [0.05, 0.1) is 11.9 Å². The zero-order valence-corrected chi connectivity index (χ0v) is 14.5. The first kappa shape index (κ1) is 14.4. The van der Waals surface area contributed by atoms with E-state index < -0.39 is 0 Å². The molecule has 0 aromatic carbocycles. The Morgan fingerprint density at radius 1 is 1.17 bits per heavy atom. The first-order valence-corrected chi connectivity index (χ1v) is 9.33. The molecule has 5 heteroatoms. The monoisotopic (exact) mass is 336 g/mol. The summed E-state index contributed by atoms with van der Waals surface area (Å²) in [7, 11) is 0. The number of likely N-dealkylation sites (tertiary alicyclic amines) is 1. The van der Waals surface area contributed by atoms with Crippen LogP contribution in [0.5, 0.6) is 0 Å². The Bertz CT molecular complexity index is 867. The number of thiophene rings is 1. The van der Waals surface area contributed by atoms with Gasteiger partial charge in [0.2, 0.25) is 0 Å². The molecule has 0 radical (unpaired) electrons. The summed E-state index contributed by atoms with van der Waals surface area (Å²) < 4.78 is 2.42. The van der Waals surface area contributed by atoms with Crippen LogP contribution in [0.1, 0.15) is 21.5 Å². The topological polar surface area (TPSA) is 34.0 Å². The van der Waals surface area contributed by atoms with Crippen molar-refractivity contribution in [2.45, 2.75) is 25.9 Å². The van der Waals surface area contributed by atoms with Crippen LogP contribution in [0, 0.1) is 12.8 Å². The van der Waals surface area contributed by atoms with E-state index in [1.807, 2.05) is 36.0 Å². The molecule has 0 spiro atoms. The Morgan fingerprint density at radius 2 is 2.12 bits per heavy atom. The number of rotatable bonds is 3. The van der Waals surface area contributed by atoms with Gasteiger partial charge in [-0.25, -0.2) is 4.98 Å². The third kappa shape index (κ3) is 2.31. The van der Waals surface area contributed by atoms with Crippen LogP contribution in [0.4, 0.5) is 0 Å². The molecule has 0 N–H and O–H groups in total. The summed E-state index contributed by atoms with van der Waals surface area (Å²) in [5.41, 5.74) is 2.38. The van der Waals surface area contributed by atoms with Crippen LogP contribution in [0.3, 0.4) is 0 Å². The molecular formula is C19H20N4S. The van der Waals surface area contributed by atoms with Crippen molar-refractivity contribution in [3.05, 3.63) is 58.4 Å². The van der Waals surface area contributed by atoms with Gasteiger partial charge in [0.1, 0.15) is 5.82 Å². The highest BCUT2D eigenvalue weighted by Crippen LogP contribution is 2.41. The second-order valence-corrected chi connectivity index (χ2v) is 8.30. The van der Waals surface area contributed by atoms with Crippen LogP contribution in [0.15, 0.2) is 42.9 Å². The van der Waals surface area contributed by atoms with Crippen molar-refractivity contribution in [2.24, 2.45) is 5.92 Å². The fourth-order valence-electron chi connectivity index (χ4n) is 4.21. The fraction of sp³-hybridized carbons (Fsp3) is 0.368. The van der Waals surface area contributed by atoms with Gasteiger partial charge in [-0.2, -0.15) is 0 Å². The van der Waals surface area contributed by atoms with Crippen molar-refractivity contribution in [3.8, 4) is 11.3 Å². The van der Waals surface area contributed by atoms with Gasteiger partial charge >= 0.3 is 0 Å². The number of aryl methyl sites for hydroxylation is 1. The smallest absolute Gasteiger partial charge is 0.113 e. The van der Waals surface area contributed by atoms with E-state index in [0.717, 1.165) is 19.6 Å². The van der Waals surface area contributed by atoms with E-state index in [0.29, 0.717) is 11.8 Å². The predicted octanol–water partition coefficient (Wildman–Crippen LogP) is 3.54. The van der Waals surface area contributed by atoms with Crippen LogP contribution in [-0.4, -0.2) is 32.5 Å². The standard InChI is InChI=1S/C19H20N4S/c1-13-4-5-16(24-13)11-22-9-15-10-23-18(14-3-2-6-20-7-14)8-21-19(23)17(15)12-22/h2-8,15,17H,9-12H2,1H3/t15-,17+/m1/s1. The summed E-state index contributed by atoms with van der Waals surface area (Å²) in [5.74, 6) is 2.55. The van der Waals surface area contributed by atoms with E-state index in [1.54, 1.807) is 0 Å². The van der Waals surface area contributed by atoms with Crippen molar-refractivity contribution in [1.29, 1.82) is 0 Å². The Labute approximate surface area is 145 Å². The molecule has 2 atom stereocenters. The largest absolute Gasteiger partial charge is 0.327 e. The Hall–Kier alpha value is -1.98. The maximum atomic E-state index is 4.77. The highest BCUT2D eigenvalue weighted by atomic mass is 32.1. The number of hydrogen-bond acceptors (Lipinski definition) is 4. The van der Waals surface area contributed by atoms with Crippen LogP contribution in [-0.2, 0) is 13.1 Å². The summed E-state index contributed by atoms with van der Waals surface area (Å²) in [5, 5.41) is 0. The number of hydrogen-bond donors (Lipinski definition) is 0. The minimum atomic E-state index is 0.580. The number of aromatic nitrogens is 3. The van der Waals surface area contributed by atoms with Gasteiger partial charge in [-0.3, -0.25) is 9.88 Å². The van der Waals surface area contributed by atoms with Gasteiger partial charge < -0.3 is 4.57 Å². The lowest BCUT2D eigenvalue weighted by Crippen LogP contribution is -2.21. The molecule has 0 amide bonds. The molecule has 2 aliphatic rings. The molecule has 0 saturated carbocycles. The molecule has 5 heterocycles. The molecule has 5 rings (SSSR count). The van der Waals surface area contributed by atoms with Gasteiger partial charge in [-0.15, -0.1) is 11.3 Å². The zero-order chi connectivity index (χ0) is 16.1. The minimum Gasteiger partial charge on any atom is -0.327 e. The highest BCUT2D eigenvalue weighted by molar-refractivity contribution is 7.11. The number of nitrogens with zero attached hydrogens (tertiary/aromatic N) is 4. The highest BCUT2D eigenvalue weighted by Gasteiger charge is 2.42. The predicted molar refractivity (Wildman–Crippen MR) is 96.0 cm³/mol. The van der Waals surface area contributed by atoms with Gasteiger partial charge in [0.15, 0.2) is 0 Å². The van der Waals surface area contributed by atoms with Crippen molar-refractivity contribution in [2.75, 3.05) is 13.1 Å². The molecule has 2 aliphatic heterocycles. The van der Waals surface area contributed by atoms with Crippen molar-refractivity contribution >= 4 is 11.3 Å². The molecule has 3 aromatic rings. The van der Waals surface area contributed by atoms with E-state index in [9.17, 15) is 0 Å². The van der Waals surface area contributed by atoms with Crippen LogP contribution in [0.25, 0.3) is 11.3 Å². The quantitative estimate of drug-likeness (QED) is 0.733. The molecule has 4 nitrogen and oxygen atoms in total. The average molecular weight is 336 g/mol. The summed E-state index contributed by atoms with van der Waals surface area (Å²) >= 11 is 1.92. The molecule has 0 bridgehead atoms. The third-order valence-electron chi connectivity index (χ3n) is 5.28. The summed E-state index contributed by atoms with van der Waals surface area (Å²) in [6.07, 6.45) is 5.78. The van der Waals surface area contributed by atoms with Crippen LogP contribution < -0.4 is 0 Å². The maximum Gasteiger partial charge on any atom is 0.113 e. The first-order chi connectivity index (χ1) is 11.8. The van der Waals surface area contributed by atoms with E-state index >= 15 is 0 Å². The van der Waals surface area contributed by atoms with E-state index in [4.69, 9.17) is 4.98 Å². The summed E-state index contributed by atoms with van der Waals surface area (Å²) in [4.78, 5) is 14.5. The molecule has 24 heavy (non-hydrogen) atoms. The van der Waals surface area contributed by atoms with Gasteiger partial charge in [-0.05, 0) is 31.2 Å². The Balaban J connectivity index is 1.37. The van der Waals surface area contributed by atoms with Crippen LogP contribution in [0.2, 0.25) is 0 Å². The molecule has 122 valence electrons. The van der Waals surface area contributed by atoms with Crippen molar-refractivity contribution < 1.29 is 0 Å². The minimum absolute atomic E-state index is 0.580. The maximum absolute atomic E-state index is 4.77. The Kier molecular flexibility index (Phi) is 3.31. The van der Waals surface area contributed by atoms with E-state index in [2.05, 4.69) is 39.6 Å². The molecule has 0 unspecified atom stereocenters. The van der Waals surface area contributed by atoms with Crippen molar-refractivity contribution in [1.82, 2.24) is 19.4 Å². The SMILES string of the molecule is Cc1ccc(CN2C[C@@H]3Cn4c(-c5cccnc5)cnc4[C@H]3C2)s1. The normalized spacial score (nSPS) is 22.7. The van der Waals surface area contributed by atoms with E-state index in [-0.39, 0.29) is 0 Å². The number of imidazole rings is 1. The summed E-state index contributed by atoms with van der Waals surface area (Å²) in [6.45, 7) is 6.66. The lowest BCUT2D eigenvalue weighted by molar-refractivity contribution is 0.309. The molecule has 0 aliphatic carbocycles. The summed E-state index contributed by atoms with van der Waals surface area (Å²) in [6, 6.07) is 8.62. The second kappa shape index (κ2) is 5.53. The number of pyridine rings is 1. The second-order valence-electron chi connectivity index (χ2n) is 6.93. The average Bonchev–Trinajstić information content (AvgIpc) is 3.31. The molecule has 1 saturated heterocycles. The Morgan fingerprint density at radius 3 is 2.92 bits per heavy atom. The van der Waals surface area contributed by atoms with Crippen molar-refractivity contribution in [3.63, 3.8) is 0 Å². The lowest BCUT2D eigenvalue weighted by Gasteiger charge is -2.16. The fourth-order valence-corrected chi connectivity index (χ4v) is 5.15. The van der Waals surface area contributed by atoms with Crippen LogP contribution >= 0.6 is 11.3 Å². The molecular weight excluding hydrogens is 316 g/mol.